The number of ether oxygens (including phenoxy) is 1. The van der Waals surface area contributed by atoms with Crippen LogP contribution in [-0.4, -0.2) is 85.8 Å². The summed E-state index contributed by atoms with van der Waals surface area (Å²) in [7, 11) is -3.56. The van der Waals surface area contributed by atoms with Gasteiger partial charge >= 0.3 is 0 Å². The van der Waals surface area contributed by atoms with Crippen LogP contribution in [0.5, 0.6) is 0 Å². The second kappa shape index (κ2) is 6.39. The highest BCUT2D eigenvalue weighted by Gasteiger charge is 2.62. The summed E-state index contributed by atoms with van der Waals surface area (Å²) in [4.78, 5) is 21.5. The summed E-state index contributed by atoms with van der Waals surface area (Å²) in [6, 6.07) is 5.36. The maximum Gasteiger partial charge on any atom is 0.243 e. The number of H-pyrrole nitrogens is 1. The van der Waals surface area contributed by atoms with Crippen molar-refractivity contribution in [2.75, 3.05) is 52.5 Å². The molecule has 31 heavy (non-hydrogen) atoms. The Labute approximate surface area is 182 Å². The zero-order valence-electron chi connectivity index (χ0n) is 17.9. The van der Waals surface area contributed by atoms with Gasteiger partial charge in [0.05, 0.1) is 35.1 Å². The van der Waals surface area contributed by atoms with Crippen molar-refractivity contribution in [3.8, 4) is 0 Å². The van der Waals surface area contributed by atoms with E-state index in [2.05, 4.69) is 28.6 Å². The predicted molar refractivity (Wildman–Crippen MR) is 115 cm³/mol. The first kappa shape index (κ1) is 19.9. The number of aromatic amines is 1. The lowest BCUT2D eigenvalue weighted by molar-refractivity contribution is -0.196. The minimum Gasteiger partial charge on any atom is -0.379 e. The van der Waals surface area contributed by atoms with Crippen LogP contribution in [0.25, 0.3) is 10.9 Å². The molecule has 6 heterocycles. The molecular weight excluding hydrogens is 416 g/mol. The average Bonchev–Trinajstić information content (AvgIpc) is 3.15. The van der Waals surface area contributed by atoms with Crippen molar-refractivity contribution in [1.29, 1.82) is 0 Å². The van der Waals surface area contributed by atoms with Gasteiger partial charge in [-0.25, -0.2) is 8.42 Å². The van der Waals surface area contributed by atoms with E-state index in [1.54, 1.807) is 6.07 Å². The third-order valence-electron chi connectivity index (χ3n) is 7.57. The maximum absolute atomic E-state index is 13.2. The smallest absolute Gasteiger partial charge is 0.243 e. The molecule has 0 aliphatic carbocycles. The number of hydrogen-bond acceptors (Lipinski definition) is 6. The molecule has 5 aliphatic heterocycles. The van der Waals surface area contributed by atoms with Crippen LogP contribution >= 0.6 is 0 Å². The Morgan fingerprint density at radius 1 is 1.03 bits per heavy atom. The number of hydrogen-bond donors (Lipinski definition) is 1. The molecule has 4 bridgehead atoms. The Hall–Kier alpha value is -1.78. The number of sulfonamides is 1. The number of carbonyl (C=O) groups excluding carboxylic acids is 1. The molecule has 1 N–H and O–H groups in total. The van der Waals surface area contributed by atoms with Crippen molar-refractivity contribution in [3.63, 3.8) is 0 Å². The van der Waals surface area contributed by atoms with E-state index in [-0.39, 0.29) is 17.0 Å². The first-order valence-corrected chi connectivity index (χ1v) is 12.4. The number of nitrogens with one attached hydrogen (secondary N) is 1. The van der Waals surface area contributed by atoms with E-state index in [1.807, 2.05) is 18.3 Å². The van der Waals surface area contributed by atoms with Gasteiger partial charge in [-0.1, -0.05) is 13.8 Å². The lowest BCUT2D eigenvalue weighted by Gasteiger charge is -2.64. The number of carbonyl (C=O) groups is 1. The second-order valence-electron chi connectivity index (χ2n) is 10.1. The average molecular weight is 445 g/mol. The topological polar surface area (TPSA) is 86.0 Å². The highest BCUT2D eigenvalue weighted by atomic mass is 32.2. The predicted octanol–water partition coefficient (Wildman–Crippen LogP) is 1.41. The molecule has 0 unspecified atom stereocenters. The molecule has 5 saturated heterocycles. The minimum absolute atomic E-state index is 0.0596. The molecule has 1 aromatic heterocycles. The highest BCUT2D eigenvalue weighted by Crippen LogP contribution is 2.52. The molecule has 2 aromatic rings. The van der Waals surface area contributed by atoms with Gasteiger partial charge in [0.15, 0.2) is 0 Å². The summed E-state index contributed by atoms with van der Waals surface area (Å²) in [5, 5.41) is 0.938. The monoisotopic (exact) mass is 444 g/mol. The van der Waals surface area contributed by atoms with Gasteiger partial charge in [-0.3, -0.25) is 14.6 Å². The van der Waals surface area contributed by atoms with Gasteiger partial charge in [0.1, 0.15) is 5.78 Å². The first-order chi connectivity index (χ1) is 14.7. The Bertz CT molecular complexity index is 1140. The van der Waals surface area contributed by atoms with Gasteiger partial charge in [0.25, 0.3) is 0 Å². The number of aromatic nitrogens is 1. The van der Waals surface area contributed by atoms with Crippen LogP contribution in [0.15, 0.2) is 29.3 Å². The van der Waals surface area contributed by atoms with Crippen molar-refractivity contribution in [2.24, 2.45) is 10.8 Å². The van der Waals surface area contributed by atoms with Crippen LogP contribution in [0, 0.1) is 10.8 Å². The van der Waals surface area contributed by atoms with Gasteiger partial charge in [0.2, 0.25) is 10.0 Å². The van der Waals surface area contributed by atoms with Crippen LogP contribution < -0.4 is 0 Å². The van der Waals surface area contributed by atoms with Crippen LogP contribution in [0.4, 0.5) is 0 Å². The van der Waals surface area contributed by atoms with Crippen LogP contribution in [-0.2, 0) is 19.6 Å². The molecule has 5 aliphatic rings. The molecule has 0 amide bonds. The van der Waals surface area contributed by atoms with Crippen molar-refractivity contribution in [3.05, 3.63) is 30.0 Å². The lowest BCUT2D eigenvalue weighted by atomic mass is 9.62. The molecule has 5 fully saturated rings. The standard InChI is InChI=1S/C22H28N4O4S/c1-21-11-24-13-22(2,20(21)27)14-25(12-21)19(24)17-10-23-18-4-3-15(9-16(17)18)31(28,29)26-5-7-30-8-6-26/h3-4,9-10,19,23H,5-8,11-14H2,1-2H3. The van der Waals surface area contributed by atoms with Crippen molar-refractivity contribution in [2.45, 2.75) is 24.9 Å². The second-order valence-corrected chi connectivity index (χ2v) is 12.0. The fraction of sp³-hybridized carbons (Fsp3) is 0.591. The van der Waals surface area contributed by atoms with Gasteiger partial charge in [-0.05, 0) is 18.2 Å². The first-order valence-electron chi connectivity index (χ1n) is 10.9. The number of Topliss-reactive ketones (excluding diaryl/α,β-unsaturated/α-hetero) is 1. The Kier molecular flexibility index (Phi) is 4.09. The summed E-state index contributed by atoms with van der Waals surface area (Å²) in [5.74, 6) is 0.392. The molecule has 0 atom stereocenters. The number of fused-ring (bicyclic) bond motifs is 1. The molecule has 7 rings (SSSR count). The molecule has 166 valence electrons. The lowest BCUT2D eigenvalue weighted by Crippen LogP contribution is -2.75. The fourth-order valence-corrected chi connectivity index (χ4v) is 7.86. The molecule has 0 saturated carbocycles. The number of benzene rings is 1. The Morgan fingerprint density at radius 3 is 2.26 bits per heavy atom. The van der Waals surface area contributed by atoms with Crippen LogP contribution in [0.2, 0.25) is 0 Å². The Balaban J connectivity index is 1.40. The maximum atomic E-state index is 13.2. The number of morpholine rings is 1. The van der Waals surface area contributed by atoms with E-state index >= 15 is 0 Å². The Morgan fingerprint density at radius 2 is 1.65 bits per heavy atom. The van der Waals surface area contributed by atoms with E-state index < -0.39 is 10.0 Å². The summed E-state index contributed by atoms with van der Waals surface area (Å²) < 4.78 is 33.2. The number of rotatable bonds is 3. The molecule has 9 heteroatoms. The van der Waals surface area contributed by atoms with E-state index in [4.69, 9.17) is 4.74 Å². The molecule has 0 spiro atoms. The minimum atomic E-state index is -3.56. The van der Waals surface area contributed by atoms with Gasteiger partial charge in [0, 0.05) is 61.9 Å². The normalized spacial score (nSPS) is 38.3. The van der Waals surface area contributed by atoms with E-state index in [0.29, 0.717) is 37.0 Å². The molecule has 0 radical (unpaired) electrons. The highest BCUT2D eigenvalue weighted by molar-refractivity contribution is 7.89. The van der Waals surface area contributed by atoms with Crippen LogP contribution in [0.1, 0.15) is 25.6 Å². The van der Waals surface area contributed by atoms with Gasteiger partial charge in [-0.2, -0.15) is 4.31 Å². The van der Waals surface area contributed by atoms with E-state index in [9.17, 15) is 13.2 Å². The zero-order chi connectivity index (χ0) is 21.6. The van der Waals surface area contributed by atoms with E-state index in [1.165, 1.54) is 4.31 Å². The quantitative estimate of drug-likeness (QED) is 0.771. The SMILES string of the molecule is CC12CN3CC(C)(CN(C1)C3c1c[nH]c3ccc(S(=O)(=O)N4CCOCC4)cc13)C2=O. The summed E-state index contributed by atoms with van der Waals surface area (Å²) in [6.07, 6.45) is 2.07. The van der Waals surface area contributed by atoms with Crippen molar-refractivity contribution >= 4 is 26.7 Å². The van der Waals surface area contributed by atoms with Crippen LogP contribution in [0.3, 0.4) is 0 Å². The number of piperidine rings is 2. The summed E-state index contributed by atoms with van der Waals surface area (Å²) in [6.45, 7) is 8.81. The third kappa shape index (κ3) is 2.74. The molecular formula is C22H28N4O4S. The summed E-state index contributed by atoms with van der Waals surface area (Å²) in [5.41, 5.74) is 1.38. The number of nitrogens with zero attached hydrogens (tertiary/aromatic N) is 3. The largest absolute Gasteiger partial charge is 0.379 e. The van der Waals surface area contributed by atoms with Gasteiger partial charge < -0.3 is 9.72 Å². The van der Waals surface area contributed by atoms with Crippen molar-refractivity contribution < 1.29 is 17.9 Å². The molecule has 1 aromatic carbocycles. The third-order valence-corrected chi connectivity index (χ3v) is 9.46. The molecule has 8 nitrogen and oxygen atoms in total. The summed E-state index contributed by atoms with van der Waals surface area (Å²) >= 11 is 0. The zero-order valence-corrected chi connectivity index (χ0v) is 18.7. The van der Waals surface area contributed by atoms with Gasteiger partial charge in [-0.15, -0.1) is 0 Å². The number of ketones is 1. The fourth-order valence-electron chi connectivity index (χ4n) is 6.42. The van der Waals surface area contributed by atoms with Crippen molar-refractivity contribution in [1.82, 2.24) is 19.1 Å². The van der Waals surface area contributed by atoms with E-state index in [0.717, 1.165) is 42.6 Å².